The van der Waals surface area contributed by atoms with Crippen molar-refractivity contribution in [3.8, 4) is 0 Å². The Bertz CT molecular complexity index is 738. The molecule has 0 bridgehead atoms. The number of rotatable bonds is 8. The first kappa shape index (κ1) is 34.7. The summed E-state index contributed by atoms with van der Waals surface area (Å²) in [6, 6.07) is 0. The van der Waals surface area contributed by atoms with Crippen LogP contribution in [0.2, 0.25) is 0 Å². The Balaban J connectivity index is 0. The van der Waals surface area contributed by atoms with Crippen molar-refractivity contribution in [1.82, 2.24) is 4.72 Å². The van der Waals surface area contributed by atoms with Crippen LogP contribution in [0.3, 0.4) is 0 Å². The van der Waals surface area contributed by atoms with E-state index < -0.39 is 58.2 Å². The third-order valence-electron chi connectivity index (χ3n) is 3.08. The lowest BCUT2D eigenvalue weighted by Crippen LogP contribution is -2.74. The summed E-state index contributed by atoms with van der Waals surface area (Å²) >= 11 is 0. The van der Waals surface area contributed by atoms with E-state index in [-0.39, 0.29) is 13.2 Å². The lowest BCUT2D eigenvalue weighted by molar-refractivity contribution is -0.468. The van der Waals surface area contributed by atoms with E-state index in [2.05, 4.69) is 0 Å². The highest BCUT2D eigenvalue weighted by molar-refractivity contribution is 7.83. The fraction of sp³-hybridized carbons (Fsp3) is 1.00. The first-order valence-corrected chi connectivity index (χ1v) is 8.48. The number of aliphatic hydroxyl groups excluding tert-OH is 1. The Hall–Kier alpha value is -1.43. The van der Waals surface area contributed by atoms with Crippen molar-refractivity contribution in [1.29, 1.82) is 0 Å². The molecule has 0 rings (SSSR count). The van der Waals surface area contributed by atoms with Gasteiger partial charge in [0.25, 0.3) is 0 Å². The summed E-state index contributed by atoms with van der Waals surface area (Å²) < 4.78 is 250. The first-order chi connectivity index (χ1) is 14.3. The Labute approximate surface area is 174 Å². The quantitative estimate of drug-likeness (QED) is 0.296. The molecular formula is C10H7F18NO4S. The van der Waals surface area contributed by atoms with Gasteiger partial charge in [-0.25, -0.2) is 0 Å². The van der Waals surface area contributed by atoms with Crippen LogP contribution >= 0.6 is 0 Å². The zero-order chi connectivity index (χ0) is 28.6. The van der Waals surface area contributed by atoms with E-state index in [0.717, 1.165) is 0 Å². The van der Waals surface area contributed by atoms with E-state index in [0.29, 0.717) is 0 Å². The molecular weight excluding hydrogens is 572 g/mol. The molecule has 0 aliphatic rings. The maximum Gasteiger partial charge on any atom is 0.460 e. The van der Waals surface area contributed by atoms with Crippen molar-refractivity contribution in [3.05, 3.63) is 0 Å². The van der Waals surface area contributed by atoms with E-state index in [1.165, 1.54) is 0 Å². The number of aliphatic hydroxyl groups is 1. The minimum Gasteiger partial charge on any atom is -0.395 e. The standard InChI is InChI=1S/C8F18.C2H7NO4S/c9-1(10,3(13,14)5(17,18)7(21,22)23)2(11,12)4(15,16)6(19,20)8(24,25)26;4-2-1-3-8(5,6)7/h;3-4H,1-2H2,(H,5,6,7). The van der Waals surface area contributed by atoms with Crippen LogP contribution in [0.15, 0.2) is 0 Å². The van der Waals surface area contributed by atoms with Crippen molar-refractivity contribution in [2.24, 2.45) is 0 Å². The molecule has 0 aliphatic heterocycles. The minimum absolute atomic E-state index is 0.154. The molecule has 0 heterocycles. The summed E-state index contributed by atoms with van der Waals surface area (Å²) in [5.74, 6) is -51.0. The van der Waals surface area contributed by atoms with Crippen molar-refractivity contribution in [2.75, 3.05) is 13.2 Å². The minimum atomic E-state index is -8.72. The van der Waals surface area contributed by atoms with E-state index in [1.54, 1.807) is 4.72 Å². The van der Waals surface area contributed by atoms with Crippen LogP contribution < -0.4 is 4.72 Å². The molecule has 0 unspecified atom stereocenters. The number of alkyl halides is 18. The molecule has 0 aliphatic carbocycles. The number of nitrogens with one attached hydrogen (secondary N) is 1. The Morgan fingerprint density at radius 2 is 0.706 bits per heavy atom. The molecule has 0 saturated heterocycles. The van der Waals surface area contributed by atoms with E-state index in [1.807, 2.05) is 0 Å². The van der Waals surface area contributed by atoms with Gasteiger partial charge < -0.3 is 5.11 Å². The summed E-state index contributed by atoms with van der Waals surface area (Å²) in [7, 11) is -4.10. The second kappa shape index (κ2) is 9.55. The Kier molecular flexibility index (Phi) is 9.76. The summed E-state index contributed by atoms with van der Waals surface area (Å²) in [4.78, 5) is 0. The molecule has 0 saturated carbocycles. The van der Waals surface area contributed by atoms with Crippen molar-refractivity contribution < 1.29 is 97.1 Å². The molecule has 0 atom stereocenters. The van der Waals surface area contributed by atoms with Crippen LogP contribution in [0, 0.1) is 0 Å². The van der Waals surface area contributed by atoms with Gasteiger partial charge in [-0.05, 0) is 0 Å². The van der Waals surface area contributed by atoms with Gasteiger partial charge in [0.2, 0.25) is 0 Å². The highest BCUT2D eigenvalue weighted by Gasteiger charge is 2.95. The summed E-state index contributed by atoms with van der Waals surface area (Å²) in [5.41, 5.74) is 0. The van der Waals surface area contributed by atoms with Gasteiger partial charge in [0.05, 0.1) is 6.61 Å². The first-order valence-electron chi connectivity index (χ1n) is 7.04. The van der Waals surface area contributed by atoms with Gasteiger partial charge in [0.1, 0.15) is 0 Å². The van der Waals surface area contributed by atoms with Crippen LogP contribution in [0.5, 0.6) is 0 Å². The van der Waals surface area contributed by atoms with Crippen molar-refractivity contribution >= 4 is 10.3 Å². The zero-order valence-electron chi connectivity index (χ0n) is 14.8. The average Bonchev–Trinajstić information content (AvgIpc) is 2.56. The second-order valence-corrected chi connectivity index (χ2v) is 6.77. The molecule has 0 aromatic carbocycles. The normalized spacial score (nSPS) is 15.6. The van der Waals surface area contributed by atoms with Gasteiger partial charge >= 0.3 is 58.2 Å². The highest BCUT2D eigenvalue weighted by atomic mass is 32.2. The summed E-state index contributed by atoms with van der Waals surface area (Å²) in [6.45, 7) is -0.474. The van der Waals surface area contributed by atoms with Gasteiger partial charge in [-0.2, -0.15) is 92.2 Å². The van der Waals surface area contributed by atoms with Gasteiger partial charge in [0.15, 0.2) is 0 Å². The topological polar surface area (TPSA) is 86.6 Å². The molecule has 0 fully saturated rings. The van der Waals surface area contributed by atoms with Crippen LogP contribution in [0.1, 0.15) is 0 Å². The molecule has 3 N–H and O–H groups in total. The predicted octanol–water partition coefficient (Wildman–Crippen LogP) is 4.29. The number of hydrogen-bond acceptors (Lipinski definition) is 3. The third-order valence-corrected chi connectivity index (χ3v) is 3.65. The molecule has 0 aromatic rings. The van der Waals surface area contributed by atoms with Crippen molar-refractivity contribution in [2.45, 2.75) is 47.9 Å². The molecule has 0 amide bonds. The molecule has 34 heavy (non-hydrogen) atoms. The third kappa shape index (κ3) is 6.03. The summed E-state index contributed by atoms with van der Waals surface area (Å²) in [6.07, 6.45) is -15.6. The molecule has 0 spiro atoms. The fourth-order valence-corrected chi connectivity index (χ4v) is 1.67. The lowest BCUT2D eigenvalue weighted by Gasteiger charge is -2.41. The van der Waals surface area contributed by atoms with E-state index >= 15 is 0 Å². The molecule has 0 radical (unpaired) electrons. The van der Waals surface area contributed by atoms with Crippen molar-refractivity contribution in [3.63, 3.8) is 0 Å². The van der Waals surface area contributed by atoms with Gasteiger partial charge in [0, 0.05) is 6.54 Å². The molecule has 24 heteroatoms. The Morgan fingerprint density at radius 3 is 0.824 bits per heavy atom. The Morgan fingerprint density at radius 1 is 0.500 bits per heavy atom. The monoisotopic (exact) mass is 579 g/mol. The molecule has 5 nitrogen and oxygen atoms in total. The lowest BCUT2D eigenvalue weighted by atomic mass is 9.91. The van der Waals surface area contributed by atoms with E-state index in [4.69, 9.17) is 9.66 Å². The van der Waals surface area contributed by atoms with Gasteiger partial charge in [-0.3, -0.25) is 4.55 Å². The SMILES string of the molecule is FC(F)(F)C(F)(F)C(F)(F)C(F)(F)C(F)(F)C(F)(F)C(F)(F)C(F)(F)F.O=S(=O)(O)NCCO. The molecule has 208 valence electrons. The van der Waals surface area contributed by atoms with Crippen LogP contribution in [0.4, 0.5) is 79.0 Å². The van der Waals surface area contributed by atoms with Crippen LogP contribution in [0.25, 0.3) is 0 Å². The second-order valence-electron chi connectivity index (χ2n) is 5.53. The largest absolute Gasteiger partial charge is 0.460 e. The van der Waals surface area contributed by atoms with Crippen LogP contribution in [-0.4, -0.2) is 79.1 Å². The van der Waals surface area contributed by atoms with Gasteiger partial charge in [-0.15, -0.1) is 0 Å². The van der Waals surface area contributed by atoms with Gasteiger partial charge in [-0.1, -0.05) is 0 Å². The number of hydrogen-bond donors (Lipinski definition) is 3. The van der Waals surface area contributed by atoms with Crippen LogP contribution in [-0.2, 0) is 10.3 Å². The maximum atomic E-state index is 12.8. The predicted molar refractivity (Wildman–Crippen MR) is 68.4 cm³/mol. The highest BCUT2D eigenvalue weighted by Crippen LogP contribution is 2.63. The zero-order valence-corrected chi connectivity index (χ0v) is 15.7. The average molecular weight is 579 g/mol. The maximum absolute atomic E-state index is 12.8. The van der Waals surface area contributed by atoms with E-state index in [9.17, 15) is 87.4 Å². The fourth-order valence-electron chi connectivity index (χ4n) is 1.32. The summed E-state index contributed by atoms with van der Waals surface area (Å²) in [5, 5.41) is 7.99. The number of halogens is 18. The smallest absolute Gasteiger partial charge is 0.395 e. The molecule has 0 aromatic heterocycles.